The summed E-state index contributed by atoms with van der Waals surface area (Å²) < 4.78 is 9.58. The lowest BCUT2D eigenvalue weighted by Crippen LogP contribution is -2.30. The van der Waals surface area contributed by atoms with Crippen LogP contribution in [0.15, 0.2) is 28.7 Å². The Labute approximate surface area is 155 Å². The smallest absolute Gasteiger partial charge is 0.433 e. The second-order valence-electron chi connectivity index (χ2n) is 4.68. The van der Waals surface area contributed by atoms with E-state index in [1.807, 2.05) is 0 Å². The Morgan fingerprint density at radius 2 is 1.84 bits per heavy atom. The van der Waals surface area contributed by atoms with E-state index in [1.165, 1.54) is 19.1 Å². The van der Waals surface area contributed by atoms with Gasteiger partial charge in [0.1, 0.15) is 4.92 Å². The number of furan rings is 1. The molecular weight excluding hydrogens is 399 g/mol. The Morgan fingerprint density at radius 3 is 2.44 bits per heavy atom. The van der Waals surface area contributed by atoms with Crippen molar-refractivity contribution in [3.63, 3.8) is 0 Å². The van der Waals surface area contributed by atoms with E-state index < -0.39 is 34.5 Å². The summed E-state index contributed by atoms with van der Waals surface area (Å²) in [5.41, 5.74) is 0.178. The summed E-state index contributed by atoms with van der Waals surface area (Å²) in [6, 6.07) is 4.76. The zero-order valence-electron chi connectivity index (χ0n) is 12.4. The monoisotopic (exact) mass is 406 g/mol. The van der Waals surface area contributed by atoms with Crippen LogP contribution in [0.4, 0.5) is 11.6 Å². The van der Waals surface area contributed by atoms with Crippen molar-refractivity contribution in [2.75, 3.05) is 5.32 Å². The molecule has 0 aliphatic carbocycles. The summed E-state index contributed by atoms with van der Waals surface area (Å²) in [6.45, 7) is 1.30. The minimum Gasteiger partial charge on any atom is -0.447 e. The van der Waals surface area contributed by atoms with Gasteiger partial charge in [0.2, 0.25) is 5.76 Å². The first-order chi connectivity index (χ1) is 11.7. The van der Waals surface area contributed by atoms with Crippen molar-refractivity contribution in [2.24, 2.45) is 0 Å². The van der Waals surface area contributed by atoms with Gasteiger partial charge in [-0.15, -0.1) is 0 Å². The second-order valence-corrected chi connectivity index (χ2v) is 5.90. The zero-order valence-corrected chi connectivity index (χ0v) is 14.7. The average Bonchev–Trinajstić information content (AvgIpc) is 3.02. The Kier molecular flexibility index (Phi) is 5.89. The third-order valence-electron chi connectivity index (χ3n) is 2.89. The van der Waals surface area contributed by atoms with Crippen molar-refractivity contribution in [3.05, 3.63) is 55.2 Å². The number of carbonyl (C=O) groups is 2. The lowest BCUT2D eigenvalue weighted by atomic mass is 10.3. The van der Waals surface area contributed by atoms with Crippen LogP contribution in [0.1, 0.15) is 17.5 Å². The van der Waals surface area contributed by atoms with Crippen LogP contribution < -0.4 is 5.32 Å². The minimum atomic E-state index is -1.23. The number of nitro groups is 1. The van der Waals surface area contributed by atoms with Gasteiger partial charge in [-0.25, -0.2) is 4.79 Å². The molecule has 8 nitrogen and oxygen atoms in total. The van der Waals surface area contributed by atoms with Gasteiger partial charge in [-0.1, -0.05) is 34.8 Å². The molecule has 1 aromatic carbocycles. The van der Waals surface area contributed by atoms with Gasteiger partial charge in [0.05, 0.1) is 26.8 Å². The molecule has 0 saturated carbocycles. The standard InChI is InChI=1S/C14H9Cl3N2O6/c1-6(24-14(21)11-2-3-12(25-11)19(22)23)13(20)18-10-5-8(16)7(15)4-9(10)17/h2-6H,1H3,(H,18,20)/t6-/m1/s1. The quantitative estimate of drug-likeness (QED) is 0.342. The molecular formula is C14H9Cl3N2O6. The van der Waals surface area contributed by atoms with Crippen LogP contribution in [0.3, 0.4) is 0 Å². The number of hydrogen-bond acceptors (Lipinski definition) is 6. The van der Waals surface area contributed by atoms with Crippen molar-refractivity contribution < 1.29 is 23.7 Å². The van der Waals surface area contributed by atoms with Crippen molar-refractivity contribution in [1.29, 1.82) is 0 Å². The summed E-state index contributed by atoms with van der Waals surface area (Å²) in [7, 11) is 0. The highest BCUT2D eigenvalue weighted by atomic mass is 35.5. The van der Waals surface area contributed by atoms with Crippen LogP contribution in [0.2, 0.25) is 15.1 Å². The van der Waals surface area contributed by atoms with E-state index >= 15 is 0 Å². The topological polar surface area (TPSA) is 112 Å². The Morgan fingerprint density at radius 1 is 1.20 bits per heavy atom. The summed E-state index contributed by atoms with van der Waals surface area (Å²) in [5, 5.41) is 13.5. The van der Waals surface area contributed by atoms with E-state index in [4.69, 9.17) is 44.0 Å². The first-order valence-corrected chi connectivity index (χ1v) is 7.73. The van der Waals surface area contributed by atoms with Crippen LogP contribution in [0.25, 0.3) is 0 Å². The van der Waals surface area contributed by atoms with Crippen molar-refractivity contribution in [1.82, 2.24) is 0 Å². The number of amides is 1. The van der Waals surface area contributed by atoms with Crippen LogP contribution in [0, 0.1) is 10.1 Å². The Hall–Kier alpha value is -2.29. The first-order valence-electron chi connectivity index (χ1n) is 6.59. The van der Waals surface area contributed by atoms with E-state index in [9.17, 15) is 19.7 Å². The second kappa shape index (κ2) is 7.73. The molecule has 0 radical (unpaired) electrons. The molecule has 1 atom stereocenters. The first kappa shape index (κ1) is 19.0. The number of nitrogens with zero attached hydrogens (tertiary/aromatic N) is 1. The highest BCUT2D eigenvalue weighted by Gasteiger charge is 2.24. The molecule has 0 aliphatic rings. The molecule has 0 spiro atoms. The van der Waals surface area contributed by atoms with Gasteiger partial charge in [-0.3, -0.25) is 14.9 Å². The molecule has 0 bridgehead atoms. The van der Waals surface area contributed by atoms with Gasteiger partial charge in [-0.05, 0) is 25.1 Å². The van der Waals surface area contributed by atoms with Gasteiger partial charge >= 0.3 is 11.9 Å². The van der Waals surface area contributed by atoms with Gasteiger partial charge in [0.25, 0.3) is 5.91 Å². The van der Waals surface area contributed by atoms with E-state index in [0.717, 1.165) is 12.1 Å². The normalized spacial score (nSPS) is 11.7. The molecule has 0 fully saturated rings. The number of nitrogens with one attached hydrogen (secondary N) is 1. The lowest BCUT2D eigenvalue weighted by molar-refractivity contribution is -0.402. The van der Waals surface area contributed by atoms with E-state index in [-0.39, 0.29) is 20.8 Å². The number of halogens is 3. The van der Waals surface area contributed by atoms with Gasteiger partial charge < -0.3 is 14.5 Å². The summed E-state index contributed by atoms with van der Waals surface area (Å²) in [4.78, 5) is 33.6. The largest absolute Gasteiger partial charge is 0.447 e. The lowest BCUT2D eigenvalue weighted by Gasteiger charge is -2.14. The van der Waals surface area contributed by atoms with E-state index in [2.05, 4.69) is 5.32 Å². The predicted molar refractivity (Wildman–Crippen MR) is 90.3 cm³/mol. The molecule has 1 N–H and O–H groups in total. The van der Waals surface area contributed by atoms with Crippen LogP contribution in [-0.2, 0) is 9.53 Å². The highest BCUT2D eigenvalue weighted by molar-refractivity contribution is 6.44. The highest BCUT2D eigenvalue weighted by Crippen LogP contribution is 2.32. The number of esters is 1. The summed E-state index contributed by atoms with van der Waals surface area (Å²) >= 11 is 17.6. The molecule has 0 saturated heterocycles. The number of benzene rings is 1. The molecule has 0 unspecified atom stereocenters. The number of anilines is 1. The van der Waals surface area contributed by atoms with E-state index in [1.54, 1.807) is 0 Å². The van der Waals surface area contributed by atoms with Crippen molar-refractivity contribution >= 4 is 58.3 Å². The predicted octanol–water partition coefficient (Wildman–Crippen LogP) is 4.33. The molecule has 2 rings (SSSR count). The molecule has 25 heavy (non-hydrogen) atoms. The summed E-state index contributed by atoms with van der Waals surface area (Å²) in [6.07, 6.45) is -1.23. The Bertz CT molecular complexity index is 851. The molecule has 132 valence electrons. The third kappa shape index (κ3) is 4.62. The maximum absolute atomic E-state index is 12.1. The third-order valence-corrected chi connectivity index (χ3v) is 3.93. The SMILES string of the molecule is C[C@@H](OC(=O)c1ccc([N+](=O)[O-])o1)C(=O)Nc1cc(Cl)c(Cl)cc1Cl. The molecule has 0 aliphatic heterocycles. The molecule has 11 heteroatoms. The van der Waals surface area contributed by atoms with Gasteiger partial charge in [-0.2, -0.15) is 0 Å². The van der Waals surface area contributed by atoms with Gasteiger partial charge in [0, 0.05) is 0 Å². The molecule has 1 amide bonds. The van der Waals surface area contributed by atoms with Gasteiger partial charge in [0.15, 0.2) is 6.10 Å². The number of ether oxygens (including phenoxy) is 1. The number of rotatable bonds is 5. The maximum atomic E-state index is 12.1. The fraction of sp³-hybridized carbons (Fsp3) is 0.143. The average molecular weight is 408 g/mol. The van der Waals surface area contributed by atoms with Crippen molar-refractivity contribution in [3.8, 4) is 0 Å². The van der Waals surface area contributed by atoms with Crippen molar-refractivity contribution in [2.45, 2.75) is 13.0 Å². The Balaban J connectivity index is 2.03. The minimum absolute atomic E-state index is 0.142. The molecule has 1 aromatic heterocycles. The number of hydrogen-bond donors (Lipinski definition) is 1. The maximum Gasteiger partial charge on any atom is 0.433 e. The number of carbonyl (C=O) groups excluding carboxylic acids is 2. The van der Waals surface area contributed by atoms with E-state index in [0.29, 0.717) is 0 Å². The van der Waals surface area contributed by atoms with Crippen LogP contribution in [0.5, 0.6) is 0 Å². The fourth-order valence-corrected chi connectivity index (χ4v) is 2.25. The summed E-state index contributed by atoms with van der Waals surface area (Å²) in [5.74, 6) is -2.75. The van der Waals surface area contributed by atoms with Crippen LogP contribution >= 0.6 is 34.8 Å². The molecule has 1 heterocycles. The molecule has 2 aromatic rings. The zero-order chi connectivity index (χ0) is 18.7. The van der Waals surface area contributed by atoms with Crippen LogP contribution in [-0.4, -0.2) is 22.9 Å². The fourth-order valence-electron chi connectivity index (χ4n) is 1.66.